The first kappa shape index (κ1) is 20.8. The minimum Gasteiger partial charge on any atom is -1.00 e. The molecule has 5 rings (SSSR count). The lowest BCUT2D eigenvalue weighted by atomic mass is 10.0. The number of para-hydroxylation sites is 1. The van der Waals surface area contributed by atoms with Crippen LogP contribution in [0.15, 0.2) is 114 Å². The fourth-order valence-electron chi connectivity index (χ4n) is 3.79. The maximum atomic E-state index is 12.6. The predicted octanol–water partition coefficient (Wildman–Crippen LogP) is 2.05. The summed E-state index contributed by atoms with van der Waals surface area (Å²) in [4.78, 5) is 12.6. The number of fused-ring (bicyclic) bond motifs is 1. The van der Waals surface area contributed by atoms with E-state index in [1.807, 2.05) is 90.0 Å². The summed E-state index contributed by atoms with van der Waals surface area (Å²) in [6.07, 6.45) is 5.88. The van der Waals surface area contributed by atoms with E-state index in [2.05, 4.69) is 28.8 Å². The van der Waals surface area contributed by atoms with Crippen LogP contribution in [0.2, 0.25) is 0 Å². The Labute approximate surface area is 191 Å². The van der Waals surface area contributed by atoms with E-state index >= 15 is 0 Å². The number of rotatable bonds is 6. The van der Waals surface area contributed by atoms with E-state index in [1.165, 1.54) is 0 Å². The lowest BCUT2D eigenvalue weighted by Crippen LogP contribution is -3.00. The van der Waals surface area contributed by atoms with Crippen LogP contribution >= 0.6 is 0 Å². The molecular formula is C26H21BrN2O2. The predicted molar refractivity (Wildman–Crippen MR) is 115 cm³/mol. The highest BCUT2D eigenvalue weighted by molar-refractivity contribution is 5.94. The first-order valence-electron chi connectivity index (χ1n) is 9.96. The molecule has 154 valence electrons. The molecule has 1 unspecified atom stereocenters. The van der Waals surface area contributed by atoms with Crippen LogP contribution < -0.4 is 21.5 Å². The molecule has 0 aliphatic carbocycles. The summed E-state index contributed by atoms with van der Waals surface area (Å²) >= 11 is 0. The molecule has 0 fully saturated rings. The number of ketones is 1. The molecule has 0 aliphatic rings. The van der Waals surface area contributed by atoms with Crippen molar-refractivity contribution < 1.29 is 30.8 Å². The largest absolute Gasteiger partial charge is 1.00 e. The van der Waals surface area contributed by atoms with Gasteiger partial charge >= 0.3 is 0 Å². The second kappa shape index (κ2) is 9.14. The van der Waals surface area contributed by atoms with E-state index in [1.54, 1.807) is 0 Å². The highest BCUT2D eigenvalue weighted by Gasteiger charge is 2.25. The van der Waals surface area contributed by atoms with Crippen molar-refractivity contribution in [2.24, 2.45) is 0 Å². The second-order valence-corrected chi connectivity index (χ2v) is 7.32. The van der Waals surface area contributed by atoms with E-state index in [9.17, 15) is 4.79 Å². The van der Waals surface area contributed by atoms with Crippen molar-refractivity contribution in [3.05, 3.63) is 127 Å². The van der Waals surface area contributed by atoms with Crippen molar-refractivity contribution in [1.29, 1.82) is 0 Å². The van der Waals surface area contributed by atoms with Gasteiger partial charge in [0.05, 0.1) is 0 Å². The number of nitrogens with zero attached hydrogens (tertiary/aromatic N) is 2. The Balaban J connectivity index is 0.00000231. The van der Waals surface area contributed by atoms with Gasteiger partial charge in [-0.05, 0) is 12.1 Å². The Morgan fingerprint density at radius 3 is 2.32 bits per heavy atom. The SMILES string of the molecule is O=C(C[n+]1ccn(C(c2ccccc2)c2cc3ccccc3o2)c1)c1ccccc1.[Br-]. The van der Waals surface area contributed by atoms with Crippen molar-refractivity contribution in [2.45, 2.75) is 12.6 Å². The van der Waals surface area contributed by atoms with Crippen molar-refractivity contribution in [1.82, 2.24) is 4.57 Å². The van der Waals surface area contributed by atoms with Gasteiger partial charge in [-0.15, -0.1) is 0 Å². The smallest absolute Gasteiger partial charge is 0.245 e. The normalized spacial score (nSPS) is 11.7. The van der Waals surface area contributed by atoms with Gasteiger partial charge in [-0.3, -0.25) is 4.79 Å². The summed E-state index contributed by atoms with van der Waals surface area (Å²) in [6.45, 7) is 0.290. The number of halogens is 1. The number of hydrogen-bond donors (Lipinski definition) is 0. The molecule has 0 saturated heterocycles. The number of hydrogen-bond acceptors (Lipinski definition) is 2. The van der Waals surface area contributed by atoms with Crippen LogP contribution in [-0.2, 0) is 6.54 Å². The number of Topliss-reactive ketones (excluding diaryl/α,β-unsaturated/α-hetero) is 1. The molecule has 5 heteroatoms. The summed E-state index contributed by atoms with van der Waals surface area (Å²) in [5.41, 5.74) is 2.70. The molecule has 4 nitrogen and oxygen atoms in total. The third-order valence-electron chi connectivity index (χ3n) is 5.26. The molecule has 3 aromatic carbocycles. The Bertz CT molecular complexity index is 1260. The molecule has 0 amide bonds. The molecule has 5 aromatic rings. The summed E-state index contributed by atoms with van der Waals surface area (Å²) in [6, 6.07) is 29.6. The monoisotopic (exact) mass is 472 g/mol. The summed E-state index contributed by atoms with van der Waals surface area (Å²) in [5, 5.41) is 1.08. The van der Waals surface area contributed by atoms with Crippen LogP contribution in [0.3, 0.4) is 0 Å². The number of imidazole rings is 1. The zero-order chi connectivity index (χ0) is 20.3. The zero-order valence-electron chi connectivity index (χ0n) is 16.8. The van der Waals surface area contributed by atoms with Gasteiger partial charge in [-0.1, -0.05) is 78.9 Å². The number of benzene rings is 3. The average molecular weight is 473 g/mol. The van der Waals surface area contributed by atoms with Crippen molar-refractivity contribution in [3.63, 3.8) is 0 Å². The number of aromatic nitrogens is 2. The van der Waals surface area contributed by atoms with Crippen molar-refractivity contribution in [2.75, 3.05) is 0 Å². The van der Waals surface area contributed by atoms with Crippen LogP contribution in [0.5, 0.6) is 0 Å². The first-order valence-corrected chi connectivity index (χ1v) is 9.96. The van der Waals surface area contributed by atoms with Gasteiger partial charge in [0.25, 0.3) is 0 Å². The molecular weight excluding hydrogens is 452 g/mol. The average Bonchev–Trinajstić information content (AvgIpc) is 3.42. The fraction of sp³-hybridized carbons (Fsp3) is 0.0769. The topological polar surface area (TPSA) is 39.0 Å². The quantitative estimate of drug-likeness (QED) is 0.280. The molecule has 0 saturated carbocycles. The van der Waals surface area contributed by atoms with Gasteiger partial charge in [-0.2, -0.15) is 0 Å². The van der Waals surface area contributed by atoms with Gasteiger partial charge in [0.1, 0.15) is 18.0 Å². The molecule has 0 N–H and O–H groups in total. The minimum atomic E-state index is -0.119. The fourth-order valence-corrected chi connectivity index (χ4v) is 3.79. The van der Waals surface area contributed by atoms with E-state index in [0.29, 0.717) is 6.54 Å². The van der Waals surface area contributed by atoms with Crippen molar-refractivity contribution in [3.8, 4) is 0 Å². The van der Waals surface area contributed by atoms with Crippen LogP contribution in [0.4, 0.5) is 0 Å². The van der Waals surface area contributed by atoms with E-state index in [0.717, 1.165) is 27.9 Å². The van der Waals surface area contributed by atoms with Gasteiger partial charge in [0.2, 0.25) is 12.1 Å². The van der Waals surface area contributed by atoms with Crippen LogP contribution in [-0.4, -0.2) is 10.4 Å². The van der Waals surface area contributed by atoms with Gasteiger partial charge in [0.15, 0.2) is 18.3 Å². The standard InChI is InChI=1S/C26H21N2O2.BrH/c29-23(20-9-3-1-4-10-20)18-27-15-16-28(19-27)26(21-11-5-2-6-12-21)25-17-22-13-7-8-14-24(22)30-25;/h1-17,19,26H,18H2;1H/q+1;/p-1. The molecule has 31 heavy (non-hydrogen) atoms. The zero-order valence-corrected chi connectivity index (χ0v) is 18.4. The van der Waals surface area contributed by atoms with Gasteiger partial charge < -0.3 is 21.4 Å². The lowest BCUT2D eigenvalue weighted by molar-refractivity contribution is -0.682. The maximum absolute atomic E-state index is 12.6. The van der Waals surface area contributed by atoms with Gasteiger partial charge in [-0.25, -0.2) is 9.13 Å². The first-order chi connectivity index (χ1) is 14.8. The van der Waals surface area contributed by atoms with Gasteiger partial charge in [0, 0.05) is 16.5 Å². The molecule has 0 aliphatic heterocycles. The highest BCUT2D eigenvalue weighted by atomic mass is 79.9. The summed E-state index contributed by atoms with van der Waals surface area (Å²) < 4.78 is 10.2. The Morgan fingerprint density at radius 1 is 0.903 bits per heavy atom. The summed E-state index contributed by atoms with van der Waals surface area (Å²) in [7, 11) is 0. The second-order valence-electron chi connectivity index (χ2n) is 7.32. The number of carbonyl (C=O) groups excluding carboxylic acids is 1. The van der Waals surface area contributed by atoms with Crippen molar-refractivity contribution >= 4 is 16.8 Å². The lowest BCUT2D eigenvalue weighted by Gasteiger charge is -2.11. The molecule has 0 spiro atoms. The van der Waals surface area contributed by atoms with Crippen LogP contribution in [0, 0.1) is 0 Å². The molecule has 1 atom stereocenters. The molecule has 2 aromatic heterocycles. The maximum Gasteiger partial charge on any atom is 0.245 e. The Hall–Kier alpha value is -3.44. The molecule has 0 radical (unpaired) electrons. The van der Waals surface area contributed by atoms with Crippen LogP contribution in [0.1, 0.15) is 27.7 Å². The van der Waals surface area contributed by atoms with Crippen LogP contribution in [0.25, 0.3) is 11.0 Å². The third kappa shape index (κ3) is 4.37. The third-order valence-corrected chi connectivity index (χ3v) is 5.26. The number of furan rings is 1. The van der Waals surface area contributed by atoms with E-state index in [-0.39, 0.29) is 28.8 Å². The molecule has 0 bridgehead atoms. The van der Waals surface area contributed by atoms with E-state index < -0.39 is 0 Å². The Kier molecular flexibility index (Phi) is 6.14. The Morgan fingerprint density at radius 2 is 1.58 bits per heavy atom. The van der Waals surface area contributed by atoms with E-state index in [4.69, 9.17) is 4.42 Å². The molecule has 2 heterocycles. The highest BCUT2D eigenvalue weighted by Crippen LogP contribution is 2.31. The summed E-state index contributed by atoms with van der Waals surface area (Å²) in [5.74, 6) is 0.942. The number of carbonyl (C=O) groups is 1. The minimum absolute atomic E-state index is 0.